The molecule has 1 aromatic carbocycles. The number of carboxylic acids is 1. The number of carbonyl (C=O) groups is 1. The Labute approximate surface area is 126 Å². The predicted octanol–water partition coefficient (Wildman–Crippen LogP) is 3.15. The molecule has 2 rings (SSSR count). The van der Waals surface area contributed by atoms with Gasteiger partial charge in [0.1, 0.15) is 0 Å². The van der Waals surface area contributed by atoms with Crippen molar-refractivity contribution in [3.8, 4) is 0 Å². The molecule has 0 saturated carbocycles. The van der Waals surface area contributed by atoms with Gasteiger partial charge in [0, 0.05) is 11.3 Å². The zero-order chi connectivity index (χ0) is 15.3. The number of rotatable bonds is 7. The van der Waals surface area contributed by atoms with Gasteiger partial charge in [0.2, 0.25) is 0 Å². The van der Waals surface area contributed by atoms with Crippen molar-refractivity contribution in [2.75, 3.05) is 0 Å². The summed E-state index contributed by atoms with van der Waals surface area (Å²) in [5.41, 5.74) is 0.628. The lowest BCUT2D eigenvalue weighted by Crippen LogP contribution is -2.25. The van der Waals surface area contributed by atoms with Crippen molar-refractivity contribution in [2.45, 2.75) is 18.7 Å². The minimum atomic E-state index is -4.02. The summed E-state index contributed by atoms with van der Waals surface area (Å²) in [6, 6.07) is 12.2. The first-order chi connectivity index (χ1) is 9.96. The van der Waals surface area contributed by atoms with Crippen LogP contribution in [-0.2, 0) is 26.5 Å². The SMILES string of the molecule is O=C(O)C(Cc1cccs1)OP(=O)(O)Cc1ccccc1. The van der Waals surface area contributed by atoms with Gasteiger partial charge in [-0.15, -0.1) is 11.3 Å². The molecule has 2 unspecified atom stereocenters. The van der Waals surface area contributed by atoms with Crippen molar-refractivity contribution in [1.29, 1.82) is 0 Å². The molecule has 0 fully saturated rings. The zero-order valence-corrected chi connectivity index (χ0v) is 12.8. The van der Waals surface area contributed by atoms with Crippen LogP contribution in [0.1, 0.15) is 10.4 Å². The number of carboxylic acid groups (broad SMARTS) is 1. The van der Waals surface area contributed by atoms with Crippen LogP contribution in [0, 0.1) is 0 Å². The maximum atomic E-state index is 12.1. The third kappa shape index (κ3) is 5.10. The number of thiophene rings is 1. The molecule has 0 aliphatic heterocycles. The fourth-order valence-electron chi connectivity index (χ4n) is 1.83. The Morgan fingerprint density at radius 1 is 1.24 bits per heavy atom. The lowest BCUT2D eigenvalue weighted by atomic mass is 10.2. The van der Waals surface area contributed by atoms with Crippen LogP contribution in [-0.4, -0.2) is 22.1 Å². The lowest BCUT2D eigenvalue weighted by Gasteiger charge is -2.17. The topological polar surface area (TPSA) is 83.8 Å². The highest BCUT2D eigenvalue weighted by molar-refractivity contribution is 7.52. The Bertz CT molecular complexity index is 626. The molecule has 7 heteroatoms. The second kappa shape index (κ2) is 7.00. The van der Waals surface area contributed by atoms with Gasteiger partial charge >= 0.3 is 13.6 Å². The zero-order valence-electron chi connectivity index (χ0n) is 11.1. The van der Waals surface area contributed by atoms with E-state index in [2.05, 4.69) is 0 Å². The second-order valence-corrected chi connectivity index (χ2v) is 7.33. The summed E-state index contributed by atoms with van der Waals surface area (Å²) in [6.45, 7) is 0. The van der Waals surface area contributed by atoms with Crippen LogP contribution in [0.15, 0.2) is 47.8 Å². The standard InChI is InChI=1S/C14H15O5PS/c15-14(16)13(9-12-7-4-8-21-12)19-20(17,18)10-11-5-2-1-3-6-11/h1-8,13H,9-10H2,(H,15,16)(H,17,18). The van der Waals surface area contributed by atoms with Gasteiger partial charge < -0.3 is 10.00 Å². The Balaban J connectivity index is 2.05. The van der Waals surface area contributed by atoms with E-state index in [1.807, 2.05) is 5.38 Å². The molecular formula is C14H15O5PS. The van der Waals surface area contributed by atoms with Crippen LogP contribution in [0.4, 0.5) is 0 Å². The van der Waals surface area contributed by atoms with Crippen LogP contribution in [0.2, 0.25) is 0 Å². The maximum absolute atomic E-state index is 12.1. The molecule has 0 spiro atoms. The van der Waals surface area contributed by atoms with E-state index >= 15 is 0 Å². The molecule has 0 aliphatic carbocycles. The summed E-state index contributed by atoms with van der Waals surface area (Å²) in [7, 11) is -4.02. The van der Waals surface area contributed by atoms with Crippen molar-refractivity contribution < 1.29 is 23.9 Å². The van der Waals surface area contributed by atoms with Gasteiger partial charge in [-0.1, -0.05) is 36.4 Å². The van der Waals surface area contributed by atoms with Gasteiger partial charge in [-0.3, -0.25) is 9.09 Å². The first kappa shape index (κ1) is 15.9. The first-order valence-electron chi connectivity index (χ1n) is 6.25. The van der Waals surface area contributed by atoms with E-state index in [0.717, 1.165) is 4.88 Å². The van der Waals surface area contributed by atoms with E-state index in [-0.39, 0.29) is 12.6 Å². The molecule has 5 nitrogen and oxygen atoms in total. The summed E-state index contributed by atoms with van der Waals surface area (Å²) in [4.78, 5) is 21.9. The average molecular weight is 326 g/mol. The minimum Gasteiger partial charge on any atom is -0.479 e. The second-order valence-electron chi connectivity index (χ2n) is 4.50. The normalized spacial score (nSPS) is 15.3. The fraction of sp³-hybridized carbons (Fsp3) is 0.214. The molecule has 1 aromatic heterocycles. The highest BCUT2D eigenvalue weighted by Gasteiger charge is 2.30. The fourth-order valence-corrected chi connectivity index (χ4v) is 3.88. The summed E-state index contributed by atoms with van der Waals surface area (Å²) in [5.74, 6) is -1.24. The molecule has 0 aliphatic rings. The van der Waals surface area contributed by atoms with Gasteiger partial charge in [0.15, 0.2) is 6.10 Å². The van der Waals surface area contributed by atoms with Crippen LogP contribution in [0.3, 0.4) is 0 Å². The summed E-state index contributed by atoms with van der Waals surface area (Å²) in [6.07, 6.45) is -1.46. The van der Waals surface area contributed by atoms with Crippen LogP contribution < -0.4 is 0 Å². The third-order valence-electron chi connectivity index (χ3n) is 2.76. The van der Waals surface area contributed by atoms with Crippen LogP contribution in [0.25, 0.3) is 0 Å². The van der Waals surface area contributed by atoms with Gasteiger partial charge in [-0.05, 0) is 17.0 Å². The van der Waals surface area contributed by atoms with Crippen LogP contribution >= 0.6 is 18.9 Å². The predicted molar refractivity (Wildman–Crippen MR) is 80.5 cm³/mol. The molecular weight excluding hydrogens is 311 g/mol. The molecule has 1 heterocycles. The van der Waals surface area contributed by atoms with Crippen molar-refractivity contribution in [2.24, 2.45) is 0 Å². The summed E-state index contributed by atoms with van der Waals surface area (Å²) >= 11 is 1.38. The molecule has 0 saturated heterocycles. The van der Waals surface area contributed by atoms with Gasteiger partial charge in [0.25, 0.3) is 0 Å². The Kier molecular flexibility index (Phi) is 5.31. The minimum absolute atomic E-state index is 0.0757. The Morgan fingerprint density at radius 2 is 1.95 bits per heavy atom. The van der Waals surface area contributed by atoms with Crippen molar-refractivity contribution in [1.82, 2.24) is 0 Å². The quantitative estimate of drug-likeness (QED) is 0.764. The third-order valence-corrected chi connectivity index (χ3v) is 5.01. The smallest absolute Gasteiger partial charge is 0.333 e. The average Bonchev–Trinajstić information content (AvgIpc) is 2.91. The largest absolute Gasteiger partial charge is 0.479 e. The highest BCUT2D eigenvalue weighted by atomic mass is 32.1. The van der Waals surface area contributed by atoms with Gasteiger partial charge in [-0.25, -0.2) is 4.79 Å². The molecule has 0 amide bonds. The molecule has 0 bridgehead atoms. The molecule has 112 valence electrons. The molecule has 2 N–H and O–H groups in total. The van der Waals surface area contributed by atoms with E-state index < -0.39 is 19.7 Å². The van der Waals surface area contributed by atoms with Crippen LogP contribution in [0.5, 0.6) is 0 Å². The summed E-state index contributed by atoms with van der Waals surface area (Å²) < 4.78 is 17.1. The first-order valence-corrected chi connectivity index (χ1v) is 8.90. The number of hydrogen-bond donors (Lipinski definition) is 2. The van der Waals surface area contributed by atoms with Crippen molar-refractivity contribution >= 4 is 24.9 Å². The highest BCUT2D eigenvalue weighted by Crippen LogP contribution is 2.47. The van der Waals surface area contributed by atoms with Crippen molar-refractivity contribution in [3.63, 3.8) is 0 Å². The monoisotopic (exact) mass is 326 g/mol. The number of hydrogen-bond acceptors (Lipinski definition) is 4. The maximum Gasteiger partial charge on any atom is 0.333 e. The van der Waals surface area contributed by atoms with E-state index in [1.165, 1.54) is 11.3 Å². The Morgan fingerprint density at radius 3 is 2.52 bits per heavy atom. The summed E-state index contributed by atoms with van der Waals surface area (Å²) in [5, 5.41) is 11.0. The van der Waals surface area contributed by atoms with E-state index in [4.69, 9.17) is 9.63 Å². The van der Waals surface area contributed by atoms with E-state index in [1.54, 1.807) is 42.5 Å². The Hall–Kier alpha value is -1.46. The van der Waals surface area contributed by atoms with Gasteiger partial charge in [0.05, 0.1) is 6.16 Å². The van der Waals surface area contributed by atoms with E-state index in [9.17, 15) is 14.3 Å². The number of aliphatic carboxylic acids is 1. The molecule has 2 aromatic rings. The lowest BCUT2D eigenvalue weighted by molar-refractivity contribution is -0.145. The molecule has 2 atom stereocenters. The van der Waals surface area contributed by atoms with Gasteiger partial charge in [-0.2, -0.15) is 0 Å². The van der Waals surface area contributed by atoms with E-state index in [0.29, 0.717) is 5.56 Å². The van der Waals surface area contributed by atoms with Crippen molar-refractivity contribution in [3.05, 3.63) is 58.3 Å². The number of benzene rings is 1. The molecule has 21 heavy (non-hydrogen) atoms. The molecule has 0 radical (unpaired) electrons.